The smallest absolute Gasteiger partial charge is 0.224 e. The molecule has 0 atom stereocenters. The Morgan fingerprint density at radius 3 is 2.69 bits per heavy atom. The predicted octanol–water partition coefficient (Wildman–Crippen LogP) is 3.26. The molecule has 154 valence electrons. The molecule has 3 aromatic rings. The maximum absolute atomic E-state index is 13.0. The number of hydrogen-bond acceptors (Lipinski definition) is 6. The number of fused-ring (bicyclic) bond motifs is 1. The van der Waals surface area contributed by atoms with Gasteiger partial charge in [0.05, 0.1) is 24.5 Å². The van der Waals surface area contributed by atoms with Crippen LogP contribution in [0, 0.1) is 5.82 Å². The number of halogens is 1. The maximum atomic E-state index is 13.0. The van der Waals surface area contributed by atoms with Gasteiger partial charge in [-0.15, -0.1) is 0 Å². The minimum absolute atomic E-state index is 0.116. The third-order valence-corrected chi connectivity index (χ3v) is 4.94. The highest BCUT2D eigenvalue weighted by atomic mass is 32.2. The zero-order valence-electron chi connectivity index (χ0n) is 16.6. The summed E-state index contributed by atoms with van der Waals surface area (Å²) in [6, 6.07) is 5.94. The Kier molecular flexibility index (Phi) is 7.40. The molecule has 0 radical (unpaired) electrons. The van der Waals surface area contributed by atoms with Crippen LogP contribution in [0.1, 0.15) is 25.8 Å². The molecule has 2 N–H and O–H groups in total. The first-order chi connectivity index (χ1) is 14.1. The molecule has 0 saturated heterocycles. The summed E-state index contributed by atoms with van der Waals surface area (Å²) in [6.45, 7) is 5.91. The van der Waals surface area contributed by atoms with Gasteiger partial charge in [-0.2, -0.15) is 5.10 Å². The van der Waals surface area contributed by atoms with Crippen molar-refractivity contribution in [3.8, 4) is 0 Å². The van der Waals surface area contributed by atoms with Crippen LogP contribution in [0.2, 0.25) is 0 Å². The molecule has 2 heterocycles. The van der Waals surface area contributed by atoms with E-state index in [1.807, 2.05) is 0 Å². The Morgan fingerprint density at radius 1 is 1.17 bits per heavy atom. The number of benzene rings is 1. The Bertz CT molecular complexity index is 960. The molecule has 2 aromatic heterocycles. The van der Waals surface area contributed by atoms with Crippen molar-refractivity contribution in [1.82, 2.24) is 25.1 Å². The second-order valence-electron chi connectivity index (χ2n) is 6.47. The third-order valence-electron chi connectivity index (χ3n) is 4.22. The second kappa shape index (κ2) is 10.2. The van der Waals surface area contributed by atoms with Gasteiger partial charge in [-0.25, -0.2) is 19.0 Å². The number of amides is 1. The number of aromatic nitrogens is 4. The van der Waals surface area contributed by atoms with E-state index < -0.39 is 0 Å². The molecule has 0 aliphatic heterocycles. The highest BCUT2D eigenvalue weighted by Gasteiger charge is 2.13. The summed E-state index contributed by atoms with van der Waals surface area (Å²) in [5.41, 5.74) is 1.52. The summed E-state index contributed by atoms with van der Waals surface area (Å²) in [5, 5.41) is 12.2. The topological polar surface area (TPSA) is 84.7 Å². The molecule has 29 heavy (non-hydrogen) atoms. The molecular formula is C20H25FN6OS. The van der Waals surface area contributed by atoms with Gasteiger partial charge in [-0.05, 0) is 29.9 Å². The lowest BCUT2D eigenvalue weighted by Gasteiger charge is -2.09. The average molecular weight is 417 g/mol. The van der Waals surface area contributed by atoms with Gasteiger partial charge >= 0.3 is 0 Å². The molecule has 3 rings (SSSR count). The molecular weight excluding hydrogens is 391 g/mol. The standard InChI is InChI=1S/C20H25FN6OS/c1-3-9-23-18-16-13-24-27(19(16)26-20(25-18)29-4-2)11-10-22-17(28)12-14-5-7-15(21)8-6-14/h5-8,13H,3-4,9-12H2,1-2H3,(H,22,28)(H,23,25,26). The van der Waals surface area contributed by atoms with E-state index >= 15 is 0 Å². The van der Waals surface area contributed by atoms with Gasteiger partial charge in [0, 0.05) is 13.1 Å². The molecule has 0 aliphatic rings. The van der Waals surface area contributed by atoms with Gasteiger partial charge < -0.3 is 10.6 Å². The Labute approximate surface area is 173 Å². The number of carbonyl (C=O) groups is 1. The lowest BCUT2D eigenvalue weighted by molar-refractivity contribution is -0.120. The summed E-state index contributed by atoms with van der Waals surface area (Å²) < 4.78 is 14.7. The lowest BCUT2D eigenvalue weighted by Crippen LogP contribution is -2.28. The van der Waals surface area contributed by atoms with E-state index in [2.05, 4.69) is 39.5 Å². The minimum atomic E-state index is -0.310. The van der Waals surface area contributed by atoms with Crippen molar-refractivity contribution >= 4 is 34.5 Å². The summed E-state index contributed by atoms with van der Waals surface area (Å²) in [5.74, 6) is 1.25. The fourth-order valence-corrected chi connectivity index (χ4v) is 3.39. The molecule has 0 aliphatic carbocycles. The number of nitrogens with one attached hydrogen (secondary N) is 2. The SMILES string of the molecule is CCCNc1nc(SCC)nc2c1cnn2CCNC(=O)Cc1ccc(F)cc1. The van der Waals surface area contributed by atoms with E-state index in [4.69, 9.17) is 0 Å². The Hall–Kier alpha value is -2.68. The number of anilines is 1. The summed E-state index contributed by atoms with van der Waals surface area (Å²) in [6.07, 6.45) is 2.97. The molecule has 7 nitrogen and oxygen atoms in total. The number of nitrogens with zero attached hydrogens (tertiary/aromatic N) is 4. The van der Waals surface area contributed by atoms with Crippen molar-refractivity contribution in [3.05, 3.63) is 41.8 Å². The highest BCUT2D eigenvalue weighted by Crippen LogP contribution is 2.24. The minimum Gasteiger partial charge on any atom is -0.369 e. The first kappa shape index (κ1) is 21.0. The normalized spacial score (nSPS) is 11.0. The van der Waals surface area contributed by atoms with Crippen molar-refractivity contribution in [1.29, 1.82) is 0 Å². The second-order valence-corrected chi connectivity index (χ2v) is 7.70. The molecule has 1 amide bonds. The number of thioether (sulfide) groups is 1. The zero-order valence-corrected chi connectivity index (χ0v) is 17.4. The number of hydrogen-bond donors (Lipinski definition) is 2. The molecule has 0 bridgehead atoms. The summed E-state index contributed by atoms with van der Waals surface area (Å²) >= 11 is 1.58. The maximum Gasteiger partial charge on any atom is 0.224 e. The third kappa shape index (κ3) is 5.66. The van der Waals surface area contributed by atoms with E-state index in [-0.39, 0.29) is 18.1 Å². The number of carbonyl (C=O) groups excluding carboxylic acids is 1. The van der Waals surface area contributed by atoms with Crippen molar-refractivity contribution in [2.24, 2.45) is 0 Å². The number of rotatable bonds is 10. The van der Waals surface area contributed by atoms with E-state index in [1.165, 1.54) is 12.1 Å². The van der Waals surface area contributed by atoms with Gasteiger partial charge in [0.15, 0.2) is 10.8 Å². The van der Waals surface area contributed by atoms with Crippen LogP contribution in [-0.4, -0.2) is 44.5 Å². The van der Waals surface area contributed by atoms with Crippen molar-refractivity contribution < 1.29 is 9.18 Å². The van der Waals surface area contributed by atoms with Crippen LogP contribution in [0.5, 0.6) is 0 Å². The Morgan fingerprint density at radius 2 is 1.97 bits per heavy atom. The van der Waals surface area contributed by atoms with Crippen molar-refractivity contribution in [2.45, 2.75) is 38.4 Å². The first-order valence-electron chi connectivity index (χ1n) is 9.72. The molecule has 9 heteroatoms. The van der Waals surface area contributed by atoms with Crippen molar-refractivity contribution in [3.63, 3.8) is 0 Å². The monoisotopic (exact) mass is 416 g/mol. The van der Waals surface area contributed by atoms with E-state index in [9.17, 15) is 9.18 Å². The van der Waals surface area contributed by atoms with Crippen LogP contribution in [0.4, 0.5) is 10.2 Å². The fourth-order valence-electron chi connectivity index (χ4n) is 2.82. The van der Waals surface area contributed by atoms with Crippen LogP contribution in [0.25, 0.3) is 11.0 Å². The molecule has 0 saturated carbocycles. The van der Waals surface area contributed by atoms with Gasteiger partial charge in [-0.3, -0.25) is 4.79 Å². The van der Waals surface area contributed by atoms with E-state index in [0.717, 1.165) is 41.1 Å². The highest BCUT2D eigenvalue weighted by molar-refractivity contribution is 7.99. The summed E-state index contributed by atoms with van der Waals surface area (Å²) in [7, 11) is 0. The summed E-state index contributed by atoms with van der Waals surface area (Å²) in [4.78, 5) is 21.4. The van der Waals surface area contributed by atoms with Crippen LogP contribution in [0.3, 0.4) is 0 Å². The van der Waals surface area contributed by atoms with Crippen LogP contribution in [-0.2, 0) is 17.8 Å². The largest absolute Gasteiger partial charge is 0.369 e. The quantitative estimate of drug-likeness (QED) is 0.390. The van der Waals surface area contributed by atoms with Gasteiger partial charge in [0.2, 0.25) is 5.91 Å². The first-order valence-corrected chi connectivity index (χ1v) is 10.7. The lowest BCUT2D eigenvalue weighted by atomic mass is 10.1. The predicted molar refractivity (Wildman–Crippen MR) is 114 cm³/mol. The van der Waals surface area contributed by atoms with Gasteiger partial charge in [0.25, 0.3) is 0 Å². The molecule has 0 unspecified atom stereocenters. The Balaban J connectivity index is 1.65. The van der Waals surface area contributed by atoms with Crippen LogP contribution >= 0.6 is 11.8 Å². The van der Waals surface area contributed by atoms with Gasteiger partial charge in [-0.1, -0.05) is 37.7 Å². The molecule has 1 aromatic carbocycles. The zero-order chi connectivity index (χ0) is 20.6. The average Bonchev–Trinajstić information content (AvgIpc) is 3.11. The van der Waals surface area contributed by atoms with E-state index in [1.54, 1.807) is 34.8 Å². The van der Waals surface area contributed by atoms with Crippen LogP contribution < -0.4 is 10.6 Å². The van der Waals surface area contributed by atoms with Gasteiger partial charge in [0.1, 0.15) is 11.6 Å². The molecule has 0 fully saturated rings. The van der Waals surface area contributed by atoms with E-state index in [0.29, 0.717) is 18.2 Å². The van der Waals surface area contributed by atoms with Crippen LogP contribution in [0.15, 0.2) is 35.6 Å². The van der Waals surface area contributed by atoms with Crippen molar-refractivity contribution in [2.75, 3.05) is 24.2 Å². The fraction of sp³-hybridized carbons (Fsp3) is 0.400. The molecule has 0 spiro atoms.